The van der Waals surface area contributed by atoms with Crippen molar-refractivity contribution in [3.05, 3.63) is 65.5 Å². The summed E-state index contributed by atoms with van der Waals surface area (Å²) in [4.78, 5) is 23.8. The molecule has 1 atom stereocenters. The van der Waals surface area contributed by atoms with Gasteiger partial charge in [0.25, 0.3) is 0 Å². The Labute approximate surface area is 145 Å². The summed E-state index contributed by atoms with van der Waals surface area (Å²) in [6.07, 6.45) is -1.03. The molecule has 0 radical (unpaired) electrons. The van der Waals surface area contributed by atoms with Crippen molar-refractivity contribution < 1.29 is 19.1 Å². The quantitative estimate of drug-likeness (QED) is 0.730. The highest BCUT2D eigenvalue weighted by molar-refractivity contribution is 6.39. The third-order valence-electron chi connectivity index (χ3n) is 3.73. The second kappa shape index (κ2) is 8.39. The van der Waals surface area contributed by atoms with Crippen molar-refractivity contribution in [2.45, 2.75) is 25.9 Å². The second-order valence-corrected chi connectivity index (χ2v) is 6.01. The summed E-state index contributed by atoms with van der Waals surface area (Å²) in [5.74, 6) is -1.78. The largest absolute Gasteiger partial charge is 0.387 e. The average Bonchev–Trinajstić information content (AvgIpc) is 2.60. The molecule has 0 fully saturated rings. The van der Waals surface area contributed by atoms with Crippen LogP contribution < -0.4 is 10.6 Å². The summed E-state index contributed by atoms with van der Waals surface area (Å²) in [5.41, 5.74) is 2.03. The lowest BCUT2D eigenvalue weighted by Crippen LogP contribution is -2.37. The first-order valence-corrected chi connectivity index (χ1v) is 7.99. The Hall–Kier alpha value is -2.73. The van der Waals surface area contributed by atoms with Crippen LogP contribution >= 0.6 is 0 Å². The monoisotopic (exact) mass is 344 g/mol. The lowest BCUT2D eigenvalue weighted by atomic mass is 10.0. The zero-order chi connectivity index (χ0) is 18.4. The van der Waals surface area contributed by atoms with Crippen molar-refractivity contribution >= 4 is 17.5 Å². The number of benzene rings is 2. The van der Waals surface area contributed by atoms with Crippen LogP contribution in [-0.4, -0.2) is 23.5 Å². The van der Waals surface area contributed by atoms with Gasteiger partial charge in [0.2, 0.25) is 0 Å². The molecule has 0 bridgehead atoms. The van der Waals surface area contributed by atoms with Gasteiger partial charge in [-0.2, -0.15) is 0 Å². The Balaban J connectivity index is 1.89. The highest BCUT2D eigenvalue weighted by Gasteiger charge is 2.16. The van der Waals surface area contributed by atoms with E-state index >= 15 is 0 Å². The molecule has 6 heteroatoms. The number of aliphatic hydroxyl groups is 1. The van der Waals surface area contributed by atoms with Gasteiger partial charge in [-0.25, -0.2) is 4.39 Å². The number of halogens is 1. The second-order valence-electron chi connectivity index (χ2n) is 6.01. The Bertz CT molecular complexity index is 745. The van der Waals surface area contributed by atoms with Crippen molar-refractivity contribution in [1.82, 2.24) is 5.32 Å². The van der Waals surface area contributed by atoms with E-state index in [-0.39, 0.29) is 6.54 Å². The fourth-order valence-corrected chi connectivity index (χ4v) is 2.24. The van der Waals surface area contributed by atoms with Crippen LogP contribution in [0.2, 0.25) is 0 Å². The zero-order valence-electron chi connectivity index (χ0n) is 14.1. The molecule has 0 aromatic heterocycles. The van der Waals surface area contributed by atoms with Gasteiger partial charge >= 0.3 is 11.8 Å². The summed E-state index contributed by atoms with van der Waals surface area (Å²) in [5, 5.41) is 14.8. The van der Waals surface area contributed by atoms with Crippen LogP contribution in [0.4, 0.5) is 10.1 Å². The van der Waals surface area contributed by atoms with Crippen LogP contribution in [0.3, 0.4) is 0 Å². The predicted octanol–water partition coefficient (Wildman–Crippen LogP) is 2.74. The molecule has 5 nitrogen and oxygen atoms in total. The molecule has 0 heterocycles. The summed E-state index contributed by atoms with van der Waals surface area (Å²) in [6.45, 7) is 3.92. The molecule has 0 aliphatic heterocycles. The molecule has 0 saturated carbocycles. The lowest BCUT2D eigenvalue weighted by molar-refractivity contribution is -0.136. The number of nitrogens with one attached hydrogen (secondary N) is 2. The lowest BCUT2D eigenvalue weighted by Gasteiger charge is -2.13. The van der Waals surface area contributed by atoms with E-state index in [1.165, 1.54) is 24.3 Å². The molecule has 0 aliphatic carbocycles. The van der Waals surface area contributed by atoms with Gasteiger partial charge in [-0.1, -0.05) is 38.1 Å². The minimum atomic E-state index is -1.03. The SMILES string of the molecule is CC(C)c1cccc(NC(=O)C(=O)NCC(O)c2ccc(F)cc2)c1. The zero-order valence-corrected chi connectivity index (χ0v) is 14.1. The molecule has 3 N–H and O–H groups in total. The van der Waals surface area contributed by atoms with Gasteiger partial charge in [-0.05, 0) is 41.3 Å². The normalized spacial score (nSPS) is 11.9. The van der Waals surface area contributed by atoms with E-state index in [2.05, 4.69) is 10.6 Å². The molecule has 0 aliphatic rings. The molecule has 0 saturated heterocycles. The maximum atomic E-state index is 12.9. The van der Waals surface area contributed by atoms with Gasteiger partial charge in [-0.15, -0.1) is 0 Å². The van der Waals surface area contributed by atoms with Crippen molar-refractivity contribution in [3.63, 3.8) is 0 Å². The van der Waals surface area contributed by atoms with E-state index in [1.807, 2.05) is 26.0 Å². The number of rotatable bonds is 5. The summed E-state index contributed by atoms with van der Waals surface area (Å²) < 4.78 is 12.9. The van der Waals surface area contributed by atoms with Crippen LogP contribution in [0.1, 0.15) is 37.0 Å². The minimum Gasteiger partial charge on any atom is -0.387 e. The standard InChI is InChI=1S/C19H21FN2O3/c1-12(2)14-4-3-5-16(10-14)22-19(25)18(24)21-11-17(23)13-6-8-15(20)9-7-13/h3-10,12,17,23H,11H2,1-2H3,(H,21,24)(H,22,25). The smallest absolute Gasteiger partial charge is 0.313 e. The average molecular weight is 344 g/mol. The molecule has 2 aromatic rings. The molecule has 25 heavy (non-hydrogen) atoms. The number of carbonyl (C=O) groups is 2. The van der Waals surface area contributed by atoms with Crippen LogP contribution in [0, 0.1) is 5.82 Å². The van der Waals surface area contributed by atoms with E-state index < -0.39 is 23.7 Å². The summed E-state index contributed by atoms with van der Waals surface area (Å²) >= 11 is 0. The van der Waals surface area contributed by atoms with Gasteiger partial charge in [0.15, 0.2) is 0 Å². The first kappa shape index (κ1) is 18.6. The van der Waals surface area contributed by atoms with Crippen LogP contribution in [0.5, 0.6) is 0 Å². The Morgan fingerprint density at radius 1 is 1.04 bits per heavy atom. The topological polar surface area (TPSA) is 78.4 Å². The van der Waals surface area contributed by atoms with Crippen LogP contribution in [0.25, 0.3) is 0 Å². The Morgan fingerprint density at radius 3 is 2.36 bits per heavy atom. The maximum absolute atomic E-state index is 12.9. The predicted molar refractivity (Wildman–Crippen MR) is 93.5 cm³/mol. The molecule has 2 rings (SSSR count). The number of carbonyl (C=O) groups excluding carboxylic acids is 2. The van der Waals surface area contributed by atoms with Gasteiger partial charge in [0.1, 0.15) is 5.82 Å². The molecule has 1 unspecified atom stereocenters. The van der Waals surface area contributed by atoms with Crippen LogP contribution in [-0.2, 0) is 9.59 Å². The highest BCUT2D eigenvalue weighted by atomic mass is 19.1. The molecule has 132 valence electrons. The summed E-state index contributed by atoms with van der Waals surface area (Å²) in [7, 11) is 0. The van der Waals surface area contributed by atoms with E-state index in [9.17, 15) is 19.1 Å². The molecule has 2 amide bonds. The molecular weight excluding hydrogens is 323 g/mol. The van der Waals surface area contributed by atoms with Gasteiger partial charge in [0.05, 0.1) is 6.10 Å². The maximum Gasteiger partial charge on any atom is 0.313 e. The summed E-state index contributed by atoms with van der Waals surface area (Å²) in [6, 6.07) is 12.5. The number of aliphatic hydroxyl groups excluding tert-OH is 1. The van der Waals surface area contributed by atoms with Crippen LogP contribution in [0.15, 0.2) is 48.5 Å². The number of amides is 2. The number of hydrogen-bond acceptors (Lipinski definition) is 3. The molecule has 2 aromatic carbocycles. The van der Waals surface area contributed by atoms with Crippen molar-refractivity contribution in [1.29, 1.82) is 0 Å². The fourth-order valence-electron chi connectivity index (χ4n) is 2.24. The van der Waals surface area contributed by atoms with Crippen molar-refractivity contribution in [2.24, 2.45) is 0 Å². The third kappa shape index (κ3) is 5.39. The fraction of sp³-hybridized carbons (Fsp3) is 0.263. The van der Waals surface area contributed by atoms with Gasteiger partial charge in [0, 0.05) is 12.2 Å². The number of anilines is 1. The minimum absolute atomic E-state index is 0.149. The van der Waals surface area contributed by atoms with Crippen molar-refractivity contribution in [3.8, 4) is 0 Å². The third-order valence-corrected chi connectivity index (χ3v) is 3.73. The van der Waals surface area contributed by atoms with Gasteiger partial charge in [-0.3, -0.25) is 9.59 Å². The highest BCUT2D eigenvalue weighted by Crippen LogP contribution is 2.18. The first-order chi connectivity index (χ1) is 11.9. The Kier molecular flexibility index (Phi) is 6.25. The van der Waals surface area contributed by atoms with E-state index in [0.717, 1.165) is 5.56 Å². The van der Waals surface area contributed by atoms with Gasteiger partial charge < -0.3 is 15.7 Å². The van der Waals surface area contributed by atoms with E-state index in [4.69, 9.17) is 0 Å². The van der Waals surface area contributed by atoms with E-state index in [1.54, 1.807) is 12.1 Å². The van der Waals surface area contributed by atoms with E-state index in [0.29, 0.717) is 17.2 Å². The Morgan fingerprint density at radius 2 is 1.72 bits per heavy atom. The first-order valence-electron chi connectivity index (χ1n) is 7.99. The van der Waals surface area contributed by atoms with Crippen molar-refractivity contribution in [2.75, 3.05) is 11.9 Å². The number of hydrogen-bond donors (Lipinski definition) is 3. The molecule has 0 spiro atoms. The molecular formula is C19H21FN2O3.